The van der Waals surface area contributed by atoms with Gasteiger partial charge in [0, 0.05) is 6.26 Å². The minimum absolute atomic E-state index is 0.0966. The highest BCUT2D eigenvalue weighted by molar-refractivity contribution is 7.79. The van der Waals surface area contributed by atoms with Crippen LogP contribution in [0, 0.1) is 5.41 Å². The lowest BCUT2D eigenvalue weighted by Gasteiger charge is -2.09. The molecule has 0 aromatic heterocycles. The molecular formula is C7H14O2S. The maximum atomic E-state index is 10.4. The van der Waals surface area contributed by atoms with Crippen LogP contribution in [0.2, 0.25) is 0 Å². The van der Waals surface area contributed by atoms with Gasteiger partial charge in [-0.25, -0.2) is 4.21 Å². The van der Waals surface area contributed by atoms with Crippen molar-refractivity contribution in [3.05, 3.63) is 12.3 Å². The monoisotopic (exact) mass is 162 g/mol. The van der Waals surface area contributed by atoms with Gasteiger partial charge in [0.15, 0.2) is 0 Å². The fraction of sp³-hybridized carbons (Fsp3) is 0.714. The number of allylic oxidation sites excluding steroid dienone is 1. The van der Waals surface area contributed by atoms with Gasteiger partial charge in [-0.05, 0) is 11.5 Å². The lowest BCUT2D eigenvalue weighted by Crippen LogP contribution is -1.99. The van der Waals surface area contributed by atoms with E-state index in [2.05, 4.69) is 0 Å². The van der Waals surface area contributed by atoms with Gasteiger partial charge in [-0.1, -0.05) is 20.8 Å². The standard InChI is InChI=1S/C7H14O2S/c1-7(2,3)5-6-9-10(4)8/h5-6H,1-4H3/b6-5+. The van der Waals surface area contributed by atoms with Crippen molar-refractivity contribution < 1.29 is 8.39 Å². The normalized spacial score (nSPS) is 15.6. The molecule has 60 valence electrons. The summed E-state index contributed by atoms with van der Waals surface area (Å²) in [7, 11) is 0. The minimum atomic E-state index is -1.19. The van der Waals surface area contributed by atoms with Crippen molar-refractivity contribution in [3.8, 4) is 0 Å². The Bertz CT molecular complexity index is 144. The first-order valence-electron chi connectivity index (χ1n) is 3.10. The molecule has 1 unspecified atom stereocenters. The van der Waals surface area contributed by atoms with Gasteiger partial charge in [0.25, 0.3) is 0 Å². The molecule has 10 heavy (non-hydrogen) atoms. The third kappa shape index (κ3) is 7.69. The first kappa shape index (κ1) is 9.69. The lowest BCUT2D eigenvalue weighted by molar-refractivity contribution is 0.478. The van der Waals surface area contributed by atoms with Crippen LogP contribution in [0.25, 0.3) is 0 Å². The number of hydrogen-bond acceptors (Lipinski definition) is 2. The van der Waals surface area contributed by atoms with E-state index in [1.54, 1.807) is 0 Å². The van der Waals surface area contributed by atoms with Crippen molar-refractivity contribution in [2.45, 2.75) is 20.8 Å². The van der Waals surface area contributed by atoms with Crippen LogP contribution in [0.3, 0.4) is 0 Å². The van der Waals surface area contributed by atoms with Crippen molar-refractivity contribution in [1.29, 1.82) is 0 Å². The highest BCUT2D eigenvalue weighted by Gasteiger charge is 2.03. The zero-order chi connectivity index (χ0) is 8.20. The summed E-state index contributed by atoms with van der Waals surface area (Å²) < 4.78 is 15.1. The predicted molar refractivity (Wildman–Crippen MR) is 43.7 cm³/mol. The summed E-state index contributed by atoms with van der Waals surface area (Å²) in [6.45, 7) is 6.14. The molecule has 0 saturated carbocycles. The molecule has 0 aliphatic carbocycles. The second-order valence-corrected chi connectivity index (χ2v) is 4.16. The smallest absolute Gasteiger partial charge is 0.202 e. The van der Waals surface area contributed by atoms with E-state index in [1.165, 1.54) is 12.5 Å². The van der Waals surface area contributed by atoms with E-state index >= 15 is 0 Å². The van der Waals surface area contributed by atoms with Crippen LogP contribution < -0.4 is 0 Å². The topological polar surface area (TPSA) is 26.3 Å². The second-order valence-electron chi connectivity index (χ2n) is 3.17. The van der Waals surface area contributed by atoms with E-state index in [0.717, 1.165) is 0 Å². The third-order valence-electron chi connectivity index (χ3n) is 0.759. The van der Waals surface area contributed by atoms with Gasteiger partial charge in [-0.2, -0.15) is 0 Å². The summed E-state index contributed by atoms with van der Waals surface area (Å²) in [5.74, 6) is 0. The minimum Gasteiger partial charge on any atom is -0.409 e. The highest BCUT2D eigenvalue weighted by atomic mass is 32.2. The molecule has 0 aliphatic heterocycles. The van der Waals surface area contributed by atoms with Gasteiger partial charge in [0.05, 0.1) is 0 Å². The summed E-state index contributed by atoms with van der Waals surface area (Å²) in [5.41, 5.74) is 0.0966. The van der Waals surface area contributed by atoms with Crippen LogP contribution in [-0.4, -0.2) is 10.5 Å². The number of rotatable bonds is 2. The maximum Gasteiger partial charge on any atom is 0.202 e. The zero-order valence-corrected chi connectivity index (χ0v) is 7.70. The summed E-state index contributed by atoms with van der Waals surface area (Å²) >= 11 is -1.19. The Morgan fingerprint density at radius 1 is 1.40 bits per heavy atom. The molecule has 0 aromatic rings. The molecular weight excluding hydrogens is 148 g/mol. The summed E-state index contributed by atoms with van der Waals surface area (Å²) in [6, 6.07) is 0. The quantitative estimate of drug-likeness (QED) is 0.579. The summed E-state index contributed by atoms with van der Waals surface area (Å²) in [4.78, 5) is 0. The van der Waals surface area contributed by atoms with Gasteiger partial charge < -0.3 is 4.18 Å². The average Bonchev–Trinajstić information content (AvgIpc) is 1.59. The number of hydrogen-bond donors (Lipinski definition) is 0. The van der Waals surface area contributed by atoms with Gasteiger partial charge in [-0.15, -0.1) is 0 Å². The van der Waals surface area contributed by atoms with E-state index in [1.807, 2.05) is 26.8 Å². The van der Waals surface area contributed by atoms with Crippen molar-refractivity contribution in [3.63, 3.8) is 0 Å². The van der Waals surface area contributed by atoms with Crippen LogP contribution >= 0.6 is 0 Å². The first-order chi connectivity index (χ1) is 4.42. The Hall–Kier alpha value is -0.310. The van der Waals surface area contributed by atoms with Crippen molar-refractivity contribution in [1.82, 2.24) is 0 Å². The van der Waals surface area contributed by atoms with Crippen LogP contribution in [0.1, 0.15) is 20.8 Å². The van der Waals surface area contributed by atoms with Crippen molar-refractivity contribution in [2.24, 2.45) is 5.41 Å². The molecule has 1 atom stereocenters. The second kappa shape index (κ2) is 3.76. The highest BCUT2D eigenvalue weighted by Crippen LogP contribution is 2.14. The van der Waals surface area contributed by atoms with Crippen molar-refractivity contribution in [2.75, 3.05) is 6.26 Å². The fourth-order valence-corrected chi connectivity index (χ4v) is 0.522. The van der Waals surface area contributed by atoms with Crippen LogP contribution in [0.15, 0.2) is 12.3 Å². The van der Waals surface area contributed by atoms with E-state index in [-0.39, 0.29) is 5.41 Å². The SMILES string of the molecule is CS(=O)O/C=C/C(C)(C)C. The molecule has 0 heterocycles. The third-order valence-corrected chi connectivity index (χ3v) is 1.14. The van der Waals surface area contributed by atoms with E-state index < -0.39 is 11.1 Å². The van der Waals surface area contributed by atoms with Gasteiger partial charge in [-0.3, -0.25) is 0 Å². The Balaban J connectivity index is 3.67. The maximum absolute atomic E-state index is 10.4. The van der Waals surface area contributed by atoms with Gasteiger partial charge in [0.2, 0.25) is 11.1 Å². The molecule has 0 radical (unpaired) electrons. The average molecular weight is 162 g/mol. The van der Waals surface area contributed by atoms with E-state index in [9.17, 15) is 4.21 Å². The van der Waals surface area contributed by atoms with E-state index in [4.69, 9.17) is 4.18 Å². The molecule has 0 spiro atoms. The largest absolute Gasteiger partial charge is 0.409 e. The Kier molecular flexibility index (Phi) is 3.64. The molecule has 0 fully saturated rings. The molecule has 0 aromatic carbocycles. The first-order valence-corrected chi connectivity index (χ1v) is 4.58. The van der Waals surface area contributed by atoms with E-state index in [0.29, 0.717) is 0 Å². The molecule has 0 amide bonds. The molecule has 0 aliphatic rings. The molecule has 0 saturated heterocycles. The summed E-state index contributed by atoms with van der Waals surface area (Å²) in [5, 5.41) is 0. The van der Waals surface area contributed by atoms with Gasteiger partial charge >= 0.3 is 0 Å². The lowest BCUT2D eigenvalue weighted by atomic mass is 9.98. The molecule has 3 heteroatoms. The molecule has 0 rings (SSSR count). The van der Waals surface area contributed by atoms with Gasteiger partial charge in [0.1, 0.15) is 6.26 Å². The summed E-state index contributed by atoms with van der Waals surface area (Å²) in [6.07, 6.45) is 4.84. The molecule has 2 nitrogen and oxygen atoms in total. The molecule has 0 bridgehead atoms. The van der Waals surface area contributed by atoms with Crippen molar-refractivity contribution >= 4 is 11.1 Å². The predicted octanol–water partition coefficient (Wildman–Crippen LogP) is 1.86. The Labute approximate surface area is 64.9 Å². The van der Waals surface area contributed by atoms with Crippen LogP contribution in [-0.2, 0) is 15.3 Å². The Morgan fingerprint density at radius 2 is 1.90 bits per heavy atom. The van der Waals surface area contributed by atoms with Crippen LogP contribution in [0.4, 0.5) is 0 Å². The fourth-order valence-electron chi connectivity index (χ4n) is 0.310. The molecule has 0 N–H and O–H groups in total. The zero-order valence-electron chi connectivity index (χ0n) is 6.88. The Morgan fingerprint density at radius 3 is 2.20 bits per heavy atom. The van der Waals surface area contributed by atoms with Crippen LogP contribution in [0.5, 0.6) is 0 Å².